The van der Waals surface area contributed by atoms with Crippen LogP contribution in [0.15, 0.2) is 0 Å². The number of methoxy groups -OCH3 is 1. The van der Waals surface area contributed by atoms with E-state index < -0.39 is 0 Å². The molecule has 68 valence electrons. The Labute approximate surface area is 69.6 Å². The van der Waals surface area contributed by atoms with Gasteiger partial charge in [-0.05, 0) is 32.6 Å². The summed E-state index contributed by atoms with van der Waals surface area (Å²) in [5.74, 6) is 0. The summed E-state index contributed by atoms with van der Waals surface area (Å²) in [4.78, 5) is 0. The fourth-order valence-corrected chi connectivity index (χ4v) is 1.13. The molecule has 0 aliphatic carbocycles. The summed E-state index contributed by atoms with van der Waals surface area (Å²) in [6.07, 6.45) is 4.30. The van der Waals surface area contributed by atoms with E-state index in [1.54, 1.807) is 7.11 Å². The maximum absolute atomic E-state index is 8.97. The van der Waals surface area contributed by atoms with E-state index in [-0.39, 0.29) is 6.10 Å². The second-order valence-corrected chi connectivity index (χ2v) is 3.05. The first-order valence-corrected chi connectivity index (χ1v) is 4.41. The minimum Gasteiger partial charge on any atom is -0.393 e. The third-order valence-electron chi connectivity index (χ3n) is 1.94. The van der Waals surface area contributed by atoms with Crippen LogP contribution in [0.4, 0.5) is 0 Å². The van der Waals surface area contributed by atoms with Gasteiger partial charge in [-0.2, -0.15) is 0 Å². The topological polar surface area (TPSA) is 29.5 Å². The number of aliphatic hydroxyl groups excluding tert-OH is 1. The van der Waals surface area contributed by atoms with Crippen molar-refractivity contribution in [3.8, 4) is 0 Å². The van der Waals surface area contributed by atoms with E-state index in [2.05, 4.69) is 6.92 Å². The molecule has 2 unspecified atom stereocenters. The van der Waals surface area contributed by atoms with Gasteiger partial charge in [0.1, 0.15) is 0 Å². The van der Waals surface area contributed by atoms with Gasteiger partial charge >= 0.3 is 0 Å². The first-order chi connectivity index (χ1) is 5.20. The van der Waals surface area contributed by atoms with Crippen molar-refractivity contribution in [2.24, 2.45) is 0 Å². The van der Waals surface area contributed by atoms with Crippen molar-refractivity contribution in [2.75, 3.05) is 7.11 Å². The van der Waals surface area contributed by atoms with E-state index in [0.717, 1.165) is 25.7 Å². The fourth-order valence-electron chi connectivity index (χ4n) is 1.13. The van der Waals surface area contributed by atoms with Gasteiger partial charge in [0.15, 0.2) is 0 Å². The number of hydrogen-bond donors (Lipinski definition) is 1. The SMILES string of the molecule is CCC(CCCC(C)O)OC. The average Bonchev–Trinajstić information content (AvgIpc) is 1.98. The molecular formula is C9H20O2. The summed E-state index contributed by atoms with van der Waals surface area (Å²) in [5.41, 5.74) is 0. The second kappa shape index (κ2) is 6.62. The van der Waals surface area contributed by atoms with Crippen LogP contribution < -0.4 is 0 Å². The first-order valence-electron chi connectivity index (χ1n) is 4.41. The zero-order chi connectivity index (χ0) is 8.69. The van der Waals surface area contributed by atoms with Crippen LogP contribution in [0.3, 0.4) is 0 Å². The maximum atomic E-state index is 8.97. The minimum absolute atomic E-state index is 0.163. The molecular weight excluding hydrogens is 140 g/mol. The van der Waals surface area contributed by atoms with Crippen LogP contribution in [0.1, 0.15) is 39.5 Å². The fraction of sp³-hybridized carbons (Fsp3) is 1.00. The van der Waals surface area contributed by atoms with Gasteiger partial charge in [0.2, 0.25) is 0 Å². The Kier molecular flexibility index (Phi) is 6.57. The Morgan fingerprint density at radius 3 is 2.36 bits per heavy atom. The third-order valence-corrected chi connectivity index (χ3v) is 1.94. The Bertz CT molecular complexity index is 77.6. The molecule has 0 amide bonds. The molecule has 0 spiro atoms. The Hall–Kier alpha value is -0.0800. The highest BCUT2D eigenvalue weighted by molar-refractivity contribution is 4.56. The molecule has 0 rings (SSSR count). The van der Waals surface area contributed by atoms with Crippen LogP contribution in [0.5, 0.6) is 0 Å². The van der Waals surface area contributed by atoms with Crippen LogP contribution in [0.2, 0.25) is 0 Å². The molecule has 0 aliphatic heterocycles. The molecule has 2 atom stereocenters. The van der Waals surface area contributed by atoms with Crippen molar-refractivity contribution in [1.82, 2.24) is 0 Å². The summed E-state index contributed by atoms with van der Waals surface area (Å²) in [6.45, 7) is 3.95. The highest BCUT2D eigenvalue weighted by Crippen LogP contribution is 2.08. The molecule has 11 heavy (non-hydrogen) atoms. The van der Waals surface area contributed by atoms with E-state index in [1.165, 1.54) is 0 Å². The molecule has 0 radical (unpaired) electrons. The van der Waals surface area contributed by atoms with Crippen LogP contribution in [0, 0.1) is 0 Å². The van der Waals surface area contributed by atoms with Gasteiger partial charge in [0.05, 0.1) is 12.2 Å². The largest absolute Gasteiger partial charge is 0.393 e. The molecule has 0 bridgehead atoms. The smallest absolute Gasteiger partial charge is 0.0568 e. The van der Waals surface area contributed by atoms with E-state index >= 15 is 0 Å². The number of rotatable bonds is 6. The van der Waals surface area contributed by atoms with Gasteiger partial charge in [-0.1, -0.05) is 6.92 Å². The van der Waals surface area contributed by atoms with Crippen molar-refractivity contribution >= 4 is 0 Å². The van der Waals surface area contributed by atoms with Crippen LogP contribution in [-0.2, 0) is 4.74 Å². The zero-order valence-corrected chi connectivity index (χ0v) is 7.84. The summed E-state index contributed by atoms with van der Waals surface area (Å²) >= 11 is 0. The van der Waals surface area contributed by atoms with E-state index in [4.69, 9.17) is 9.84 Å². The number of hydrogen-bond acceptors (Lipinski definition) is 2. The van der Waals surface area contributed by atoms with Crippen molar-refractivity contribution in [3.63, 3.8) is 0 Å². The van der Waals surface area contributed by atoms with Gasteiger partial charge in [-0.25, -0.2) is 0 Å². The lowest BCUT2D eigenvalue weighted by atomic mass is 10.1. The molecule has 1 N–H and O–H groups in total. The summed E-state index contributed by atoms with van der Waals surface area (Å²) < 4.78 is 5.20. The highest BCUT2D eigenvalue weighted by Gasteiger charge is 2.04. The first kappa shape index (κ1) is 10.9. The lowest BCUT2D eigenvalue weighted by Crippen LogP contribution is -2.10. The third kappa shape index (κ3) is 6.32. The van der Waals surface area contributed by atoms with Gasteiger partial charge in [-0.15, -0.1) is 0 Å². The summed E-state index contributed by atoms with van der Waals surface area (Å²) in [7, 11) is 1.75. The van der Waals surface area contributed by atoms with Gasteiger partial charge < -0.3 is 9.84 Å². The second-order valence-electron chi connectivity index (χ2n) is 3.05. The predicted molar refractivity (Wildman–Crippen MR) is 46.6 cm³/mol. The maximum Gasteiger partial charge on any atom is 0.0568 e. The average molecular weight is 160 g/mol. The van der Waals surface area contributed by atoms with E-state index in [0.29, 0.717) is 6.10 Å². The molecule has 2 heteroatoms. The Morgan fingerprint density at radius 2 is 2.00 bits per heavy atom. The molecule has 2 nitrogen and oxygen atoms in total. The van der Waals surface area contributed by atoms with Crippen LogP contribution >= 0.6 is 0 Å². The van der Waals surface area contributed by atoms with E-state index in [9.17, 15) is 0 Å². The lowest BCUT2D eigenvalue weighted by Gasteiger charge is -2.12. The summed E-state index contributed by atoms with van der Waals surface area (Å²) in [5, 5.41) is 8.97. The monoisotopic (exact) mass is 160 g/mol. The number of ether oxygens (including phenoxy) is 1. The Balaban J connectivity index is 3.21. The molecule has 0 saturated carbocycles. The standard InChI is InChI=1S/C9H20O2/c1-4-9(11-3)7-5-6-8(2)10/h8-10H,4-7H2,1-3H3. The molecule has 0 saturated heterocycles. The van der Waals surface area contributed by atoms with Crippen molar-refractivity contribution in [3.05, 3.63) is 0 Å². The summed E-state index contributed by atoms with van der Waals surface area (Å²) in [6, 6.07) is 0. The van der Waals surface area contributed by atoms with Crippen LogP contribution in [-0.4, -0.2) is 24.4 Å². The molecule has 0 heterocycles. The molecule has 0 aromatic rings. The highest BCUT2D eigenvalue weighted by atomic mass is 16.5. The number of aliphatic hydroxyl groups is 1. The molecule has 0 aliphatic rings. The van der Waals surface area contributed by atoms with Crippen LogP contribution in [0.25, 0.3) is 0 Å². The van der Waals surface area contributed by atoms with E-state index in [1.807, 2.05) is 6.92 Å². The van der Waals surface area contributed by atoms with Crippen molar-refractivity contribution in [1.29, 1.82) is 0 Å². The minimum atomic E-state index is -0.163. The molecule has 0 fully saturated rings. The van der Waals surface area contributed by atoms with Gasteiger partial charge in [0, 0.05) is 7.11 Å². The van der Waals surface area contributed by atoms with Crippen molar-refractivity contribution < 1.29 is 9.84 Å². The zero-order valence-electron chi connectivity index (χ0n) is 7.84. The normalized spacial score (nSPS) is 16.4. The Morgan fingerprint density at radius 1 is 1.36 bits per heavy atom. The molecule has 0 aromatic heterocycles. The quantitative estimate of drug-likeness (QED) is 0.643. The van der Waals surface area contributed by atoms with Gasteiger partial charge in [0.25, 0.3) is 0 Å². The predicted octanol–water partition coefficient (Wildman–Crippen LogP) is 1.96. The lowest BCUT2D eigenvalue weighted by molar-refractivity contribution is 0.0847. The molecule has 0 aromatic carbocycles. The van der Waals surface area contributed by atoms with Gasteiger partial charge in [-0.3, -0.25) is 0 Å². The van der Waals surface area contributed by atoms with Crippen molar-refractivity contribution in [2.45, 2.75) is 51.7 Å².